The van der Waals surface area contributed by atoms with E-state index in [4.69, 9.17) is 9.72 Å². The Balaban J connectivity index is 0.00000231. The molecule has 1 fully saturated rings. The first-order valence-electron chi connectivity index (χ1n) is 12.8. The first kappa shape index (κ1) is 31.4. The Hall–Kier alpha value is -4.08. The van der Waals surface area contributed by atoms with Crippen LogP contribution in [0.15, 0.2) is 60.8 Å². The second-order valence-corrected chi connectivity index (χ2v) is 9.85. The number of aryl methyl sites for hydroxylation is 1. The summed E-state index contributed by atoms with van der Waals surface area (Å²) in [5.41, 5.74) is 4.00. The van der Waals surface area contributed by atoms with Gasteiger partial charge in [-0.2, -0.15) is 0 Å². The molecule has 220 valence electrons. The summed E-state index contributed by atoms with van der Waals surface area (Å²) in [7, 11) is 0. The highest BCUT2D eigenvalue weighted by Gasteiger charge is 2.35. The number of ether oxygens (including phenoxy) is 2. The number of carboxylic acids is 1. The number of alkyl halides is 3. The van der Waals surface area contributed by atoms with Crippen molar-refractivity contribution in [2.75, 3.05) is 0 Å². The van der Waals surface area contributed by atoms with Gasteiger partial charge in [-0.25, -0.2) is 4.98 Å². The van der Waals surface area contributed by atoms with E-state index in [9.17, 15) is 23.1 Å². The van der Waals surface area contributed by atoms with Crippen LogP contribution in [0.5, 0.6) is 11.5 Å². The minimum absolute atomic E-state index is 0. The average Bonchev–Trinajstić information content (AvgIpc) is 3.26. The van der Waals surface area contributed by atoms with Crippen LogP contribution in [0.25, 0.3) is 11.0 Å². The molecule has 41 heavy (non-hydrogen) atoms. The Morgan fingerprint density at radius 3 is 2.39 bits per heavy atom. The van der Waals surface area contributed by atoms with E-state index in [0.717, 1.165) is 35.2 Å². The lowest BCUT2D eigenvalue weighted by atomic mass is 9.78. The third-order valence-corrected chi connectivity index (χ3v) is 7.02. The summed E-state index contributed by atoms with van der Waals surface area (Å²) in [5.74, 6) is -0.727. The number of aromatic nitrogens is 3. The fourth-order valence-electron chi connectivity index (χ4n) is 5.12. The predicted molar refractivity (Wildman–Crippen MR) is 151 cm³/mol. The Morgan fingerprint density at radius 2 is 1.73 bits per heavy atom. The molecule has 0 aliphatic heterocycles. The highest BCUT2D eigenvalue weighted by molar-refractivity contribution is 5.79. The number of hydrogen-bond acceptors (Lipinski definition) is 5. The van der Waals surface area contributed by atoms with Gasteiger partial charge in [0.25, 0.3) is 0 Å². The number of halogens is 3. The molecule has 1 aliphatic carbocycles. The average molecular weight is 572 g/mol. The Morgan fingerprint density at radius 1 is 1.02 bits per heavy atom. The van der Waals surface area contributed by atoms with Crippen molar-refractivity contribution in [3.63, 3.8) is 0 Å². The fraction of sp³-hybridized carbons (Fsp3) is 0.387. The van der Waals surface area contributed by atoms with Crippen LogP contribution in [-0.4, -0.2) is 32.0 Å². The highest BCUT2D eigenvalue weighted by atomic mass is 19.4. The summed E-state index contributed by atoms with van der Waals surface area (Å²) < 4.78 is 49.8. The van der Waals surface area contributed by atoms with E-state index < -0.39 is 18.2 Å². The third kappa shape index (κ3) is 7.56. The molecule has 1 N–H and O–H groups in total. The quantitative estimate of drug-likeness (QED) is 0.231. The second kappa shape index (κ2) is 13.1. The van der Waals surface area contributed by atoms with E-state index in [1.165, 1.54) is 12.1 Å². The molecule has 10 heteroatoms. The third-order valence-electron chi connectivity index (χ3n) is 7.02. The number of carbonyl (C=O) groups is 1. The lowest BCUT2D eigenvalue weighted by molar-refractivity contribution is -0.274. The molecule has 0 unspecified atom stereocenters. The maximum atomic E-state index is 12.6. The summed E-state index contributed by atoms with van der Waals surface area (Å²) in [6.45, 7) is 2.53. The largest absolute Gasteiger partial charge is 0.573 e. The number of rotatable bonds is 8. The monoisotopic (exact) mass is 571 g/mol. The van der Waals surface area contributed by atoms with Crippen molar-refractivity contribution in [2.45, 2.75) is 72.9 Å². The normalized spacial score (nSPS) is 16.9. The molecule has 2 heterocycles. The van der Waals surface area contributed by atoms with Crippen LogP contribution in [0.2, 0.25) is 0 Å². The second-order valence-electron chi connectivity index (χ2n) is 9.85. The van der Waals surface area contributed by atoms with Gasteiger partial charge in [-0.1, -0.05) is 45.9 Å². The van der Waals surface area contributed by atoms with Gasteiger partial charge in [0.15, 0.2) is 0 Å². The number of imidazole rings is 1. The van der Waals surface area contributed by atoms with Gasteiger partial charge in [-0.15, -0.1) is 13.2 Å². The molecule has 0 saturated heterocycles. The maximum Gasteiger partial charge on any atom is 0.573 e. The van der Waals surface area contributed by atoms with Crippen molar-refractivity contribution < 1.29 is 32.5 Å². The van der Waals surface area contributed by atoms with Gasteiger partial charge in [0, 0.05) is 24.7 Å². The van der Waals surface area contributed by atoms with E-state index in [1.54, 1.807) is 18.3 Å². The van der Waals surface area contributed by atoms with Crippen molar-refractivity contribution in [1.82, 2.24) is 14.5 Å². The summed E-state index contributed by atoms with van der Waals surface area (Å²) in [5, 5.41) is 9.92. The van der Waals surface area contributed by atoms with Crippen molar-refractivity contribution >= 4 is 17.0 Å². The number of nitrogens with zero attached hydrogens (tertiary/aromatic N) is 3. The van der Waals surface area contributed by atoms with Crippen LogP contribution in [0, 0.1) is 12.8 Å². The molecule has 2 aromatic carbocycles. The van der Waals surface area contributed by atoms with E-state index in [-0.39, 0.29) is 33.1 Å². The van der Waals surface area contributed by atoms with Crippen molar-refractivity contribution in [3.8, 4) is 11.5 Å². The zero-order chi connectivity index (χ0) is 27.6. The molecule has 2 atom stereocenters. The number of pyridine rings is 1. The predicted octanol–water partition coefficient (Wildman–Crippen LogP) is 7.90. The van der Waals surface area contributed by atoms with Gasteiger partial charge in [0.2, 0.25) is 0 Å². The fourth-order valence-corrected chi connectivity index (χ4v) is 5.12. The topological polar surface area (TPSA) is 86.5 Å². The lowest BCUT2D eigenvalue weighted by Crippen LogP contribution is -2.27. The molecular formula is C31H36F3N3O4. The number of carboxylic acid groups (broad SMARTS) is 1. The van der Waals surface area contributed by atoms with Crippen LogP contribution in [0.1, 0.15) is 69.1 Å². The minimum Gasteiger partial charge on any atom is -0.487 e. The standard InChI is InChI=1S/C29H28F3N3O4.2CH4/c1-18-6-9-20(33-15-18)17-38-22-12-13-25-26(14-22)35(16-19-7-10-21(11-8-19)39-29(30,31)32)27(34-25)23-4-2-3-5-24(23)28(36)37;;/h6-15,23-24H,2-5,16-17H2,1H3,(H,36,37);2*1H4/t23-,24+;;/m0../s1. The molecule has 0 radical (unpaired) electrons. The number of benzene rings is 2. The molecular weight excluding hydrogens is 535 g/mol. The molecule has 5 rings (SSSR count). The van der Waals surface area contributed by atoms with Crippen LogP contribution < -0.4 is 9.47 Å². The van der Waals surface area contributed by atoms with Gasteiger partial charge in [0.1, 0.15) is 23.9 Å². The molecule has 7 nitrogen and oxygen atoms in total. The van der Waals surface area contributed by atoms with Gasteiger partial charge in [-0.05, 0) is 61.2 Å². The first-order chi connectivity index (χ1) is 18.7. The van der Waals surface area contributed by atoms with Crippen molar-refractivity contribution in [2.24, 2.45) is 5.92 Å². The van der Waals surface area contributed by atoms with E-state index in [0.29, 0.717) is 36.5 Å². The molecule has 0 bridgehead atoms. The lowest BCUT2D eigenvalue weighted by Gasteiger charge is -2.28. The summed E-state index contributed by atoms with van der Waals surface area (Å²) in [4.78, 5) is 21.3. The Bertz CT molecular complexity index is 1450. The summed E-state index contributed by atoms with van der Waals surface area (Å²) >= 11 is 0. The van der Waals surface area contributed by atoms with Gasteiger partial charge < -0.3 is 19.1 Å². The Labute approximate surface area is 238 Å². The molecule has 4 aromatic rings. The van der Waals surface area contributed by atoms with Gasteiger partial charge >= 0.3 is 12.3 Å². The van der Waals surface area contributed by atoms with Crippen LogP contribution in [-0.2, 0) is 17.9 Å². The minimum atomic E-state index is -4.77. The highest BCUT2D eigenvalue weighted by Crippen LogP contribution is 2.39. The number of hydrogen-bond donors (Lipinski definition) is 1. The van der Waals surface area contributed by atoms with Crippen LogP contribution >= 0.6 is 0 Å². The van der Waals surface area contributed by atoms with Crippen LogP contribution in [0.3, 0.4) is 0 Å². The SMILES string of the molecule is C.C.Cc1ccc(COc2ccc3nc([C@H]4CCCC[C@H]4C(=O)O)n(Cc4ccc(OC(F)(F)F)cc4)c3c2)nc1. The van der Waals surface area contributed by atoms with Crippen molar-refractivity contribution in [3.05, 3.63) is 83.4 Å². The smallest absolute Gasteiger partial charge is 0.487 e. The number of fused-ring (bicyclic) bond motifs is 1. The first-order valence-corrected chi connectivity index (χ1v) is 12.8. The molecule has 0 amide bonds. The van der Waals surface area contributed by atoms with Gasteiger partial charge in [-0.3, -0.25) is 9.78 Å². The number of aliphatic carboxylic acids is 1. The zero-order valence-corrected chi connectivity index (χ0v) is 21.3. The zero-order valence-electron chi connectivity index (χ0n) is 21.3. The molecule has 2 aromatic heterocycles. The molecule has 1 aliphatic rings. The maximum absolute atomic E-state index is 12.6. The van der Waals surface area contributed by atoms with Crippen molar-refractivity contribution in [1.29, 1.82) is 0 Å². The van der Waals surface area contributed by atoms with Crippen LogP contribution in [0.4, 0.5) is 13.2 Å². The summed E-state index contributed by atoms with van der Waals surface area (Å²) in [6.07, 6.45) is 0.0218. The summed E-state index contributed by atoms with van der Waals surface area (Å²) in [6, 6.07) is 15.0. The van der Waals surface area contributed by atoms with E-state index in [1.807, 2.05) is 41.8 Å². The molecule has 1 saturated carbocycles. The van der Waals surface area contributed by atoms with E-state index in [2.05, 4.69) is 9.72 Å². The van der Waals surface area contributed by atoms with Gasteiger partial charge in [0.05, 0.1) is 22.6 Å². The van der Waals surface area contributed by atoms with E-state index >= 15 is 0 Å². The molecule has 0 spiro atoms. The Kier molecular flexibility index (Phi) is 10.0.